The number of carbonyl (C=O) groups excluding carboxylic acids is 1. The number of benzene rings is 1. The van der Waals surface area contributed by atoms with E-state index in [-0.39, 0.29) is 21.4 Å². The average molecular weight is 441 g/mol. The SMILES string of the molecule is O=C(Nc1ncc([N+](=O)[O-])s1)c1ccccc1OC1OC(C(=O)O)C(O)C(O)C1O. The Balaban J connectivity index is 1.79. The van der Waals surface area contributed by atoms with Gasteiger partial charge in [-0.2, -0.15) is 0 Å². The van der Waals surface area contributed by atoms with Gasteiger partial charge in [0.05, 0.1) is 10.5 Å². The number of ether oxygens (including phenoxy) is 2. The minimum atomic E-state index is -1.89. The molecule has 5 unspecified atom stereocenters. The summed E-state index contributed by atoms with van der Waals surface area (Å²) >= 11 is 0.636. The van der Waals surface area contributed by atoms with E-state index in [1.54, 1.807) is 0 Å². The summed E-state index contributed by atoms with van der Waals surface area (Å²) in [5, 5.41) is 51.5. The Morgan fingerprint density at radius 2 is 1.90 bits per heavy atom. The minimum Gasteiger partial charge on any atom is -0.479 e. The summed E-state index contributed by atoms with van der Waals surface area (Å²) in [4.78, 5) is 37.5. The second-order valence-electron chi connectivity index (χ2n) is 6.06. The van der Waals surface area contributed by atoms with E-state index in [0.29, 0.717) is 11.3 Å². The quantitative estimate of drug-likeness (QED) is 0.288. The molecule has 0 aliphatic carbocycles. The monoisotopic (exact) mass is 441 g/mol. The van der Waals surface area contributed by atoms with Crippen molar-refractivity contribution in [2.24, 2.45) is 0 Å². The first-order valence-corrected chi connectivity index (χ1v) is 9.10. The van der Waals surface area contributed by atoms with Gasteiger partial charge in [-0.05, 0) is 23.5 Å². The van der Waals surface area contributed by atoms with Crippen LogP contribution in [0.3, 0.4) is 0 Å². The van der Waals surface area contributed by atoms with Gasteiger partial charge in [0.2, 0.25) is 6.29 Å². The molecule has 1 aliphatic rings. The van der Waals surface area contributed by atoms with E-state index in [4.69, 9.17) is 14.6 Å². The van der Waals surface area contributed by atoms with Gasteiger partial charge in [0.1, 0.15) is 30.3 Å². The Bertz CT molecular complexity index is 966. The zero-order chi connectivity index (χ0) is 22.0. The maximum atomic E-state index is 12.5. The number of carboxylic acids is 1. The van der Waals surface area contributed by atoms with Crippen LogP contribution in [0.5, 0.6) is 5.75 Å². The number of aliphatic hydroxyl groups is 3. The number of rotatable bonds is 6. The van der Waals surface area contributed by atoms with Crippen LogP contribution in [0.15, 0.2) is 30.5 Å². The number of thiazole rings is 1. The third kappa shape index (κ3) is 4.37. The van der Waals surface area contributed by atoms with Crippen LogP contribution in [-0.2, 0) is 9.53 Å². The summed E-state index contributed by atoms with van der Waals surface area (Å²) in [5.74, 6) is -2.48. The maximum absolute atomic E-state index is 12.5. The van der Waals surface area contributed by atoms with Crippen molar-refractivity contribution in [1.29, 1.82) is 0 Å². The molecule has 30 heavy (non-hydrogen) atoms. The fraction of sp³-hybridized carbons (Fsp3) is 0.312. The molecule has 1 saturated heterocycles. The van der Waals surface area contributed by atoms with Gasteiger partial charge in [-0.3, -0.25) is 20.2 Å². The van der Waals surface area contributed by atoms with Crippen molar-refractivity contribution in [3.05, 3.63) is 46.1 Å². The van der Waals surface area contributed by atoms with Gasteiger partial charge in [-0.1, -0.05) is 12.1 Å². The van der Waals surface area contributed by atoms with E-state index < -0.39 is 47.5 Å². The number of amides is 1. The highest BCUT2D eigenvalue weighted by atomic mass is 32.1. The van der Waals surface area contributed by atoms with E-state index >= 15 is 0 Å². The van der Waals surface area contributed by atoms with Gasteiger partial charge in [-0.15, -0.1) is 0 Å². The van der Waals surface area contributed by atoms with Gasteiger partial charge < -0.3 is 29.9 Å². The van der Waals surface area contributed by atoms with Gasteiger partial charge in [0, 0.05) is 0 Å². The van der Waals surface area contributed by atoms with Crippen molar-refractivity contribution < 1.29 is 44.4 Å². The number of carboxylic acid groups (broad SMARTS) is 1. The van der Waals surface area contributed by atoms with Crippen molar-refractivity contribution in [1.82, 2.24) is 4.98 Å². The Morgan fingerprint density at radius 3 is 2.53 bits per heavy atom. The van der Waals surface area contributed by atoms with Gasteiger partial charge >= 0.3 is 11.0 Å². The van der Waals surface area contributed by atoms with Crippen LogP contribution in [0.2, 0.25) is 0 Å². The molecule has 1 amide bonds. The van der Waals surface area contributed by atoms with Crippen LogP contribution in [0, 0.1) is 10.1 Å². The van der Waals surface area contributed by atoms with Crippen molar-refractivity contribution in [2.75, 3.05) is 5.32 Å². The zero-order valence-corrected chi connectivity index (χ0v) is 15.6. The molecule has 0 spiro atoms. The number of aliphatic hydroxyl groups excluding tert-OH is 3. The first-order valence-electron chi connectivity index (χ1n) is 8.28. The summed E-state index contributed by atoms with van der Waals surface area (Å²) in [6.45, 7) is 0. The number of anilines is 1. The molecule has 5 atom stereocenters. The lowest BCUT2D eigenvalue weighted by Crippen LogP contribution is -2.61. The molecule has 0 saturated carbocycles. The molecule has 5 N–H and O–H groups in total. The summed E-state index contributed by atoms with van der Waals surface area (Å²) in [7, 11) is 0. The van der Waals surface area contributed by atoms with Crippen molar-refractivity contribution in [3.8, 4) is 5.75 Å². The van der Waals surface area contributed by atoms with E-state index in [9.17, 15) is 35.0 Å². The van der Waals surface area contributed by atoms with Gasteiger partial charge in [-0.25, -0.2) is 9.78 Å². The predicted molar refractivity (Wildman–Crippen MR) is 98.1 cm³/mol. The van der Waals surface area contributed by atoms with E-state index in [1.165, 1.54) is 24.3 Å². The number of nitro groups is 1. The lowest BCUT2D eigenvalue weighted by atomic mass is 9.99. The summed E-state index contributed by atoms with van der Waals surface area (Å²) in [6.07, 6.45) is -8.18. The Hall–Kier alpha value is -3.17. The number of aromatic nitrogens is 1. The normalized spacial score (nSPS) is 26.0. The smallest absolute Gasteiger partial charge is 0.345 e. The summed E-state index contributed by atoms with van der Waals surface area (Å²) < 4.78 is 10.4. The maximum Gasteiger partial charge on any atom is 0.345 e. The minimum absolute atomic E-state index is 0.0417. The molecule has 13 nitrogen and oxygen atoms in total. The molecule has 1 aliphatic heterocycles. The predicted octanol–water partition coefficient (Wildman–Crippen LogP) is -0.425. The van der Waals surface area contributed by atoms with Crippen LogP contribution >= 0.6 is 11.3 Å². The largest absolute Gasteiger partial charge is 0.479 e. The first kappa shape index (κ1) is 21.5. The third-order valence-electron chi connectivity index (χ3n) is 4.08. The van der Waals surface area contributed by atoms with Crippen LogP contribution in [0.1, 0.15) is 10.4 Å². The van der Waals surface area contributed by atoms with Crippen molar-refractivity contribution >= 4 is 33.3 Å². The number of hydrogen-bond acceptors (Lipinski definition) is 11. The Kier molecular flexibility index (Phi) is 6.23. The number of nitrogens with zero attached hydrogens (tertiary/aromatic N) is 2. The number of aliphatic carboxylic acids is 1. The molecule has 3 rings (SSSR count). The fourth-order valence-corrected chi connectivity index (χ4v) is 3.23. The Labute approximate surface area is 171 Å². The lowest BCUT2D eigenvalue weighted by molar-refractivity contribution is -0.380. The fourth-order valence-electron chi connectivity index (χ4n) is 2.60. The Morgan fingerprint density at radius 1 is 1.20 bits per heavy atom. The van der Waals surface area contributed by atoms with E-state index in [2.05, 4.69) is 10.3 Å². The summed E-state index contributed by atoms with van der Waals surface area (Å²) in [5.41, 5.74) is -0.0846. The number of carbonyl (C=O) groups is 2. The highest BCUT2D eigenvalue weighted by molar-refractivity contribution is 7.18. The van der Waals surface area contributed by atoms with Crippen LogP contribution in [-0.4, -0.2) is 72.9 Å². The molecular formula is C16H15N3O10S. The lowest BCUT2D eigenvalue weighted by Gasteiger charge is -2.38. The van der Waals surface area contributed by atoms with Crippen LogP contribution in [0.4, 0.5) is 10.1 Å². The second-order valence-corrected chi connectivity index (χ2v) is 7.07. The number of para-hydroxylation sites is 1. The molecule has 0 radical (unpaired) electrons. The second kappa shape index (κ2) is 8.68. The molecule has 2 heterocycles. The molecular weight excluding hydrogens is 426 g/mol. The summed E-state index contributed by atoms with van der Waals surface area (Å²) in [6, 6.07) is 5.63. The van der Waals surface area contributed by atoms with Crippen molar-refractivity contribution in [2.45, 2.75) is 30.7 Å². The molecule has 0 bridgehead atoms. The molecule has 14 heteroatoms. The highest BCUT2D eigenvalue weighted by Crippen LogP contribution is 2.29. The van der Waals surface area contributed by atoms with Crippen LogP contribution in [0.25, 0.3) is 0 Å². The third-order valence-corrected chi connectivity index (χ3v) is 4.95. The molecule has 1 fully saturated rings. The first-order chi connectivity index (χ1) is 14.2. The van der Waals surface area contributed by atoms with Gasteiger partial charge in [0.15, 0.2) is 11.2 Å². The number of nitrogens with one attached hydrogen (secondary N) is 1. The van der Waals surface area contributed by atoms with Gasteiger partial charge in [0.25, 0.3) is 5.91 Å². The molecule has 2 aromatic rings. The van der Waals surface area contributed by atoms with Crippen LogP contribution < -0.4 is 10.1 Å². The zero-order valence-electron chi connectivity index (χ0n) is 14.8. The standard InChI is InChI=1S/C16H15N3O10S/c20-9-10(21)12(14(24)25)29-15(11(9)22)28-7-4-2-1-3-6(7)13(23)18-16-17-5-8(30-16)19(26)27/h1-5,9-12,15,20-22H,(H,24,25)(H,17,18,23). The average Bonchev–Trinajstić information content (AvgIpc) is 3.17. The molecule has 1 aromatic carbocycles. The molecule has 1 aromatic heterocycles. The molecule has 160 valence electrons. The van der Waals surface area contributed by atoms with Crippen molar-refractivity contribution in [3.63, 3.8) is 0 Å². The van der Waals surface area contributed by atoms with E-state index in [0.717, 1.165) is 6.20 Å². The topological polar surface area (TPSA) is 202 Å². The highest BCUT2D eigenvalue weighted by Gasteiger charge is 2.48. The van der Waals surface area contributed by atoms with E-state index in [1.807, 2.05) is 0 Å². The number of hydrogen-bond donors (Lipinski definition) is 5.